The first-order valence-electron chi connectivity index (χ1n) is 7.18. The van der Waals surface area contributed by atoms with E-state index in [9.17, 15) is 4.79 Å². The van der Waals surface area contributed by atoms with Gasteiger partial charge in [-0.3, -0.25) is 9.69 Å². The highest BCUT2D eigenvalue weighted by Gasteiger charge is 2.26. The molecular weight excluding hydrogens is 236 g/mol. The van der Waals surface area contributed by atoms with E-state index in [-0.39, 0.29) is 11.8 Å². The van der Waals surface area contributed by atoms with Crippen molar-refractivity contribution in [3.63, 3.8) is 0 Å². The summed E-state index contributed by atoms with van der Waals surface area (Å²) in [5.74, 6) is 0.786. The zero-order chi connectivity index (χ0) is 13.8. The van der Waals surface area contributed by atoms with Gasteiger partial charge in [0, 0.05) is 25.2 Å². The maximum absolute atomic E-state index is 12.5. The first kappa shape index (κ1) is 14.2. The average molecular weight is 260 g/mol. The highest BCUT2D eigenvalue weighted by molar-refractivity contribution is 6.00. The van der Waals surface area contributed by atoms with E-state index in [1.54, 1.807) is 0 Å². The number of carbonyl (C=O) groups excluding carboxylic acids is 1. The third-order valence-electron chi connectivity index (χ3n) is 4.19. The number of ketones is 1. The second kappa shape index (κ2) is 6.31. The number of nitrogens with one attached hydrogen (secondary N) is 1. The largest absolute Gasteiger partial charge is 0.313 e. The van der Waals surface area contributed by atoms with Crippen LogP contribution in [0.5, 0.6) is 0 Å². The molecule has 1 N–H and O–H groups in total. The smallest absolute Gasteiger partial charge is 0.181 e. The quantitative estimate of drug-likeness (QED) is 0.843. The lowest BCUT2D eigenvalue weighted by Gasteiger charge is -2.31. The van der Waals surface area contributed by atoms with Crippen LogP contribution in [0.25, 0.3) is 0 Å². The number of hydrogen-bond donors (Lipinski definition) is 1. The van der Waals surface area contributed by atoms with Gasteiger partial charge in [0.1, 0.15) is 0 Å². The lowest BCUT2D eigenvalue weighted by Crippen LogP contribution is -2.53. The maximum atomic E-state index is 12.5. The summed E-state index contributed by atoms with van der Waals surface area (Å²) in [6, 6.07) is 8.12. The molecule has 1 aromatic rings. The number of carbonyl (C=O) groups is 1. The van der Waals surface area contributed by atoms with Gasteiger partial charge in [0.25, 0.3) is 0 Å². The molecule has 2 unspecified atom stereocenters. The fourth-order valence-electron chi connectivity index (χ4n) is 2.50. The molecule has 3 heteroatoms. The number of rotatable bonds is 4. The second-order valence-electron chi connectivity index (χ2n) is 5.50. The van der Waals surface area contributed by atoms with Crippen LogP contribution in [0.4, 0.5) is 0 Å². The van der Waals surface area contributed by atoms with Crippen LogP contribution in [0.1, 0.15) is 42.1 Å². The number of Topliss-reactive ketones (excluding diaryl/α,β-unsaturated/α-hetero) is 1. The van der Waals surface area contributed by atoms with Crippen molar-refractivity contribution in [1.82, 2.24) is 10.2 Å². The molecule has 1 aliphatic heterocycles. The summed E-state index contributed by atoms with van der Waals surface area (Å²) in [5, 5.41) is 3.29. The maximum Gasteiger partial charge on any atom is 0.181 e. The summed E-state index contributed by atoms with van der Waals surface area (Å²) in [4.78, 5) is 14.6. The molecule has 0 radical (unpaired) electrons. The van der Waals surface area contributed by atoms with Crippen LogP contribution in [0.3, 0.4) is 0 Å². The van der Waals surface area contributed by atoms with E-state index in [0.717, 1.165) is 31.6 Å². The van der Waals surface area contributed by atoms with Gasteiger partial charge in [0.05, 0.1) is 6.04 Å². The van der Waals surface area contributed by atoms with Crippen molar-refractivity contribution in [1.29, 1.82) is 0 Å². The minimum absolute atomic E-state index is 0.0248. The lowest BCUT2D eigenvalue weighted by atomic mass is 9.95. The first-order chi connectivity index (χ1) is 9.13. The summed E-state index contributed by atoms with van der Waals surface area (Å²) in [5.41, 5.74) is 2.14. The van der Waals surface area contributed by atoms with E-state index < -0.39 is 0 Å². The van der Waals surface area contributed by atoms with Crippen molar-refractivity contribution in [2.24, 2.45) is 0 Å². The molecule has 3 nitrogen and oxygen atoms in total. The number of likely N-dealkylation sites (N-methyl/N-ethyl adjacent to an activating group) is 1. The molecule has 1 aromatic carbocycles. The molecular formula is C16H24N2O. The van der Waals surface area contributed by atoms with Crippen molar-refractivity contribution in [2.75, 3.05) is 26.7 Å². The number of benzene rings is 1. The van der Waals surface area contributed by atoms with Crippen LogP contribution in [-0.4, -0.2) is 43.4 Å². The molecule has 0 aromatic heterocycles. The molecule has 2 rings (SSSR count). The van der Waals surface area contributed by atoms with E-state index in [2.05, 4.69) is 36.2 Å². The van der Waals surface area contributed by atoms with Crippen molar-refractivity contribution < 1.29 is 4.79 Å². The summed E-state index contributed by atoms with van der Waals surface area (Å²) < 4.78 is 0. The van der Waals surface area contributed by atoms with Crippen LogP contribution in [0.15, 0.2) is 24.3 Å². The van der Waals surface area contributed by atoms with Gasteiger partial charge in [-0.15, -0.1) is 0 Å². The molecule has 0 aliphatic carbocycles. The Labute approximate surface area is 116 Å². The zero-order valence-corrected chi connectivity index (χ0v) is 12.1. The summed E-state index contributed by atoms with van der Waals surface area (Å²) in [6.45, 7) is 7.05. The monoisotopic (exact) mass is 260 g/mol. The Morgan fingerprint density at radius 1 is 1.42 bits per heavy atom. The Kier molecular flexibility index (Phi) is 4.72. The minimum Gasteiger partial charge on any atom is -0.313 e. The minimum atomic E-state index is -0.0248. The Hall–Kier alpha value is -1.19. The van der Waals surface area contributed by atoms with Gasteiger partial charge < -0.3 is 5.32 Å². The lowest BCUT2D eigenvalue weighted by molar-refractivity contribution is 0.0819. The normalized spacial score (nSPS) is 22.2. The Morgan fingerprint density at radius 2 is 2.11 bits per heavy atom. The van der Waals surface area contributed by atoms with Gasteiger partial charge in [-0.2, -0.15) is 0 Å². The van der Waals surface area contributed by atoms with Crippen molar-refractivity contribution in [3.8, 4) is 0 Å². The highest BCUT2D eigenvalue weighted by atomic mass is 16.1. The Bertz CT molecular complexity index is 427. The standard InChI is InChI=1S/C16H24N2O/c1-4-12(2)13-5-7-14(8-6-13)16(19)15-11-17-9-10-18(15)3/h5-8,12,15,17H,4,9-11H2,1-3H3. The highest BCUT2D eigenvalue weighted by Crippen LogP contribution is 2.19. The fourth-order valence-corrected chi connectivity index (χ4v) is 2.50. The summed E-state index contributed by atoms with van der Waals surface area (Å²) in [6.07, 6.45) is 1.13. The predicted molar refractivity (Wildman–Crippen MR) is 78.8 cm³/mol. The van der Waals surface area contributed by atoms with Crippen molar-refractivity contribution >= 4 is 5.78 Å². The molecule has 1 fully saturated rings. The predicted octanol–water partition coefficient (Wildman–Crippen LogP) is 2.29. The molecule has 0 amide bonds. The molecule has 19 heavy (non-hydrogen) atoms. The zero-order valence-electron chi connectivity index (χ0n) is 12.1. The number of piperazine rings is 1. The van der Waals surface area contributed by atoms with E-state index in [4.69, 9.17) is 0 Å². The first-order valence-corrected chi connectivity index (χ1v) is 7.18. The summed E-state index contributed by atoms with van der Waals surface area (Å²) >= 11 is 0. The van der Waals surface area contributed by atoms with Crippen molar-refractivity contribution in [2.45, 2.75) is 32.2 Å². The van der Waals surface area contributed by atoms with Gasteiger partial charge in [0.15, 0.2) is 5.78 Å². The van der Waals surface area contributed by atoms with Gasteiger partial charge >= 0.3 is 0 Å². The topological polar surface area (TPSA) is 32.3 Å². The van der Waals surface area contributed by atoms with E-state index in [0.29, 0.717) is 5.92 Å². The molecule has 1 heterocycles. The van der Waals surface area contributed by atoms with Gasteiger partial charge in [-0.1, -0.05) is 38.1 Å². The van der Waals surface area contributed by atoms with Crippen LogP contribution in [0.2, 0.25) is 0 Å². The molecule has 1 aliphatic rings. The van der Waals surface area contributed by atoms with Crippen molar-refractivity contribution in [3.05, 3.63) is 35.4 Å². The van der Waals surface area contributed by atoms with Gasteiger partial charge in [-0.05, 0) is 24.9 Å². The van der Waals surface area contributed by atoms with Gasteiger partial charge in [0.2, 0.25) is 0 Å². The Morgan fingerprint density at radius 3 is 2.68 bits per heavy atom. The average Bonchev–Trinajstić information content (AvgIpc) is 2.46. The van der Waals surface area contributed by atoms with E-state index in [1.165, 1.54) is 5.56 Å². The second-order valence-corrected chi connectivity index (χ2v) is 5.50. The number of nitrogens with zero attached hydrogens (tertiary/aromatic N) is 1. The van der Waals surface area contributed by atoms with Crippen LogP contribution < -0.4 is 5.32 Å². The molecule has 0 spiro atoms. The molecule has 0 saturated carbocycles. The van der Waals surface area contributed by atoms with E-state index in [1.807, 2.05) is 19.2 Å². The molecule has 1 saturated heterocycles. The molecule has 2 atom stereocenters. The van der Waals surface area contributed by atoms with Crippen LogP contribution in [-0.2, 0) is 0 Å². The Balaban J connectivity index is 2.11. The summed E-state index contributed by atoms with van der Waals surface area (Å²) in [7, 11) is 2.02. The third kappa shape index (κ3) is 3.23. The fraction of sp³-hybridized carbons (Fsp3) is 0.562. The van der Waals surface area contributed by atoms with Gasteiger partial charge in [-0.25, -0.2) is 0 Å². The van der Waals surface area contributed by atoms with Crippen LogP contribution in [0, 0.1) is 0 Å². The molecule has 0 bridgehead atoms. The van der Waals surface area contributed by atoms with E-state index >= 15 is 0 Å². The SMILES string of the molecule is CCC(C)c1ccc(C(=O)C2CNCCN2C)cc1. The number of hydrogen-bond acceptors (Lipinski definition) is 3. The third-order valence-corrected chi connectivity index (χ3v) is 4.19. The molecule has 104 valence electrons. The van der Waals surface area contributed by atoms with Crippen LogP contribution >= 0.6 is 0 Å².